The second kappa shape index (κ2) is 43.9. The quantitative estimate of drug-likeness (QED) is 0.0493. The molecule has 2 unspecified atom stereocenters. The molecule has 0 rings (SSSR count). The first-order valence-electron chi connectivity index (χ1n) is 20.5. The molecule has 0 saturated heterocycles. The highest BCUT2D eigenvalue weighted by molar-refractivity contribution is 5.00. The second-order valence-electron chi connectivity index (χ2n) is 13.1. The molecule has 0 heterocycles. The smallest absolute Gasteiger partial charge is 0.104 e. The van der Waals surface area contributed by atoms with Crippen LogP contribution in [-0.4, -0.2) is 62.1 Å². The van der Waals surface area contributed by atoms with Gasteiger partial charge < -0.3 is 24.4 Å². The van der Waals surface area contributed by atoms with E-state index in [1.54, 1.807) is 0 Å². The maximum atomic E-state index is 9.65. The van der Waals surface area contributed by atoms with Crippen LogP contribution in [0.15, 0.2) is 97.2 Å². The third-order valence-electron chi connectivity index (χ3n) is 8.17. The Bertz CT molecular complexity index is 852. The summed E-state index contributed by atoms with van der Waals surface area (Å²) in [5.74, 6) is 0. The van der Waals surface area contributed by atoms with Crippen molar-refractivity contribution in [1.82, 2.24) is 0 Å². The van der Waals surface area contributed by atoms with E-state index in [0.29, 0.717) is 26.4 Å². The molecule has 2 atom stereocenters. The lowest BCUT2D eigenvalue weighted by molar-refractivity contribution is -0.0813. The molecule has 0 aromatic rings. The zero-order valence-electron chi connectivity index (χ0n) is 32.9. The van der Waals surface area contributed by atoms with Gasteiger partial charge in [-0.2, -0.15) is 0 Å². The van der Waals surface area contributed by atoms with Gasteiger partial charge in [0.2, 0.25) is 0 Å². The summed E-state index contributed by atoms with van der Waals surface area (Å²) in [5, 5.41) is 19.3. The fourth-order valence-electron chi connectivity index (χ4n) is 4.99. The van der Waals surface area contributed by atoms with E-state index in [-0.39, 0.29) is 25.4 Å². The predicted molar refractivity (Wildman–Crippen MR) is 221 cm³/mol. The number of hydrogen-bond donors (Lipinski definition) is 2. The fraction of sp³-hybridized carbons (Fsp3) is 0.652. The lowest BCUT2D eigenvalue weighted by Crippen LogP contribution is -2.30. The average molecular weight is 711 g/mol. The number of allylic oxidation sites excluding steroid dienone is 16. The summed E-state index contributed by atoms with van der Waals surface area (Å²) in [6.07, 6.45) is 57.5. The molecule has 0 spiro atoms. The minimum atomic E-state index is -0.355. The Kier molecular flexibility index (Phi) is 41.9. The maximum Gasteiger partial charge on any atom is 0.104 e. The summed E-state index contributed by atoms with van der Waals surface area (Å²) >= 11 is 0. The molecule has 0 aliphatic rings. The van der Waals surface area contributed by atoms with Crippen molar-refractivity contribution < 1.29 is 24.4 Å². The molecule has 51 heavy (non-hydrogen) atoms. The molecule has 0 fully saturated rings. The van der Waals surface area contributed by atoms with Crippen LogP contribution in [0.1, 0.15) is 142 Å². The Morgan fingerprint density at radius 1 is 0.373 bits per heavy atom. The van der Waals surface area contributed by atoms with Crippen molar-refractivity contribution in [2.24, 2.45) is 0 Å². The Morgan fingerprint density at radius 2 is 0.647 bits per heavy atom. The van der Waals surface area contributed by atoms with Crippen molar-refractivity contribution in [1.29, 1.82) is 0 Å². The van der Waals surface area contributed by atoms with E-state index in [9.17, 15) is 10.2 Å². The van der Waals surface area contributed by atoms with Gasteiger partial charge in [-0.05, 0) is 103 Å². The Labute approximate surface area is 315 Å². The summed E-state index contributed by atoms with van der Waals surface area (Å²) in [5.41, 5.74) is 0. The lowest BCUT2D eigenvalue weighted by atomic mass is 10.2. The van der Waals surface area contributed by atoms with Crippen LogP contribution in [0.25, 0.3) is 0 Å². The number of ether oxygens (including phenoxy) is 3. The van der Waals surface area contributed by atoms with Crippen LogP contribution >= 0.6 is 0 Å². The first-order chi connectivity index (χ1) is 25.3. The van der Waals surface area contributed by atoms with Crippen LogP contribution in [0.5, 0.6) is 0 Å². The van der Waals surface area contributed by atoms with Crippen molar-refractivity contribution >= 4 is 0 Å². The number of rotatable bonds is 38. The third kappa shape index (κ3) is 40.4. The van der Waals surface area contributed by atoms with E-state index in [1.165, 1.54) is 51.4 Å². The van der Waals surface area contributed by atoms with E-state index in [4.69, 9.17) is 14.2 Å². The molecule has 2 N–H and O–H groups in total. The second-order valence-corrected chi connectivity index (χ2v) is 13.1. The standard InChI is InChI=1S/C46H78O5/c1-3-5-7-9-11-13-15-17-19-21-23-25-27-29-31-33-35-37-39-50-45(41-47)43-49-44-46(42-48)51-40-38-36-34-32-30-28-26-24-22-20-18-16-14-12-10-8-6-4-2/h11-14,17-20,23-26,29-32,45-48H,3-10,15-16,21-22,27-28,33-44H2,1-2H3/b13-11-,14-12-,19-17-,20-18-,25-23-,26-24-,31-29-,32-30-. The van der Waals surface area contributed by atoms with Gasteiger partial charge in [-0.25, -0.2) is 0 Å². The first-order valence-corrected chi connectivity index (χ1v) is 20.5. The lowest BCUT2D eigenvalue weighted by Gasteiger charge is -2.19. The topological polar surface area (TPSA) is 68.2 Å². The first kappa shape index (κ1) is 48.7. The van der Waals surface area contributed by atoms with Gasteiger partial charge in [0.25, 0.3) is 0 Å². The normalized spacial score (nSPS) is 14.2. The molecule has 0 saturated carbocycles. The van der Waals surface area contributed by atoms with Gasteiger partial charge in [0.15, 0.2) is 0 Å². The van der Waals surface area contributed by atoms with Crippen LogP contribution < -0.4 is 0 Å². The highest BCUT2D eigenvalue weighted by Gasteiger charge is 2.12. The van der Waals surface area contributed by atoms with Gasteiger partial charge in [-0.15, -0.1) is 0 Å². The predicted octanol–water partition coefficient (Wildman–Crippen LogP) is 12.0. The molecule has 0 radical (unpaired) electrons. The number of aliphatic hydroxyl groups excluding tert-OH is 2. The van der Waals surface area contributed by atoms with E-state index in [1.807, 2.05) is 0 Å². The zero-order valence-corrected chi connectivity index (χ0v) is 32.9. The fourth-order valence-corrected chi connectivity index (χ4v) is 4.99. The summed E-state index contributed by atoms with van der Waals surface area (Å²) in [6, 6.07) is 0. The van der Waals surface area contributed by atoms with Gasteiger partial charge in [-0.1, -0.05) is 137 Å². The van der Waals surface area contributed by atoms with Crippen LogP contribution in [-0.2, 0) is 14.2 Å². The summed E-state index contributed by atoms with van der Waals surface area (Å²) in [7, 11) is 0. The van der Waals surface area contributed by atoms with E-state index in [0.717, 1.165) is 77.0 Å². The van der Waals surface area contributed by atoms with E-state index >= 15 is 0 Å². The largest absolute Gasteiger partial charge is 0.394 e. The molecular weight excluding hydrogens is 633 g/mol. The van der Waals surface area contributed by atoms with Crippen LogP contribution in [0.3, 0.4) is 0 Å². The highest BCUT2D eigenvalue weighted by atomic mass is 16.6. The van der Waals surface area contributed by atoms with Crippen molar-refractivity contribution in [2.75, 3.05) is 39.6 Å². The Balaban J connectivity index is 3.72. The van der Waals surface area contributed by atoms with Crippen LogP contribution in [0, 0.1) is 0 Å². The third-order valence-corrected chi connectivity index (χ3v) is 8.17. The monoisotopic (exact) mass is 711 g/mol. The molecule has 0 amide bonds. The molecule has 5 heteroatoms. The highest BCUT2D eigenvalue weighted by Crippen LogP contribution is 2.06. The van der Waals surface area contributed by atoms with Crippen LogP contribution in [0.4, 0.5) is 0 Å². The molecular formula is C46H78O5. The van der Waals surface area contributed by atoms with Crippen molar-refractivity contribution in [3.05, 3.63) is 97.2 Å². The van der Waals surface area contributed by atoms with Gasteiger partial charge in [0.1, 0.15) is 12.2 Å². The SMILES string of the molecule is CCCCC/C=C\C/C=C\C/C=C\C/C=C\CCCCOC(CO)COCC(CO)OCCCC/C=C\C/C=C\C/C=C\C/C=C\CCCCC. The van der Waals surface area contributed by atoms with Gasteiger partial charge in [0, 0.05) is 13.2 Å². The Morgan fingerprint density at radius 3 is 0.922 bits per heavy atom. The van der Waals surface area contributed by atoms with E-state index in [2.05, 4.69) is 111 Å². The number of aliphatic hydroxyl groups is 2. The van der Waals surface area contributed by atoms with E-state index < -0.39 is 0 Å². The molecule has 5 nitrogen and oxygen atoms in total. The van der Waals surface area contributed by atoms with Gasteiger partial charge >= 0.3 is 0 Å². The summed E-state index contributed by atoms with van der Waals surface area (Å²) < 4.78 is 17.3. The van der Waals surface area contributed by atoms with Gasteiger partial charge in [0.05, 0.1) is 26.4 Å². The van der Waals surface area contributed by atoms with Crippen molar-refractivity contribution in [3.63, 3.8) is 0 Å². The zero-order chi connectivity index (χ0) is 37.0. The van der Waals surface area contributed by atoms with Crippen molar-refractivity contribution in [2.45, 2.75) is 154 Å². The van der Waals surface area contributed by atoms with Crippen LogP contribution in [0.2, 0.25) is 0 Å². The van der Waals surface area contributed by atoms with Crippen molar-refractivity contribution in [3.8, 4) is 0 Å². The number of unbranched alkanes of at least 4 members (excludes halogenated alkanes) is 10. The Hall–Kier alpha value is -2.28. The molecule has 0 aliphatic carbocycles. The minimum absolute atomic E-state index is 0.0840. The minimum Gasteiger partial charge on any atom is -0.394 e. The summed E-state index contributed by atoms with van der Waals surface area (Å²) in [6.45, 7) is 6.10. The molecule has 0 aliphatic heterocycles. The molecule has 0 aromatic carbocycles. The average Bonchev–Trinajstić information content (AvgIpc) is 3.15. The molecule has 0 aromatic heterocycles. The maximum absolute atomic E-state index is 9.65. The molecule has 292 valence electrons. The number of hydrogen-bond acceptors (Lipinski definition) is 5. The van der Waals surface area contributed by atoms with Gasteiger partial charge in [-0.3, -0.25) is 0 Å². The summed E-state index contributed by atoms with van der Waals surface area (Å²) in [4.78, 5) is 0. The molecule has 0 bridgehead atoms.